The average Bonchev–Trinajstić information content (AvgIpc) is 2.64. The van der Waals surface area contributed by atoms with Crippen LogP contribution in [0.5, 0.6) is 0 Å². The van der Waals surface area contributed by atoms with Gasteiger partial charge < -0.3 is 10.3 Å². The van der Waals surface area contributed by atoms with Gasteiger partial charge in [0.15, 0.2) is 5.58 Å². The maximum atomic E-state index is 5.75. The summed E-state index contributed by atoms with van der Waals surface area (Å²) >= 11 is 0. The fourth-order valence-corrected chi connectivity index (χ4v) is 1.59. The van der Waals surface area contributed by atoms with E-state index in [-0.39, 0.29) is 5.41 Å². The summed E-state index contributed by atoms with van der Waals surface area (Å²) in [6, 6.07) is 5.96. The summed E-state index contributed by atoms with van der Waals surface area (Å²) in [6.45, 7) is 4.85. The molecule has 0 aliphatic carbocycles. The molecule has 2 rings (SSSR count). The van der Waals surface area contributed by atoms with E-state index in [0.29, 0.717) is 6.54 Å². The molecular formula is C11H14N2O. The summed E-state index contributed by atoms with van der Waals surface area (Å²) in [5, 5.41) is 4.85. The number of hydrogen-bond donors (Lipinski definition) is 1. The Morgan fingerprint density at radius 2 is 2.21 bits per heavy atom. The van der Waals surface area contributed by atoms with E-state index >= 15 is 0 Å². The van der Waals surface area contributed by atoms with Gasteiger partial charge in [-0.2, -0.15) is 0 Å². The smallest absolute Gasteiger partial charge is 0.167 e. The highest BCUT2D eigenvalue weighted by atomic mass is 16.5. The zero-order chi connectivity index (χ0) is 10.2. The quantitative estimate of drug-likeness (QED) is 0.788. The molecule has 1 aromatic heterocycles. The van der Waals surface area contributed by atoms with E-state index in [1.165, 1.54) is 5.56 Å². The molecule has 0 amide bonds. The molecular weight excluding hydrogens is 176 g/mol. The van der Waals surface area contributed by atoms with Crippen molar-refractivity contribution in [1.82, 2.24) is 5.16 Å². The molecule has 0 radical (unpaired) electrons. The highest BCUT2D eigenvalue weighted by Gasteiger charge is 2.21. The first-order chi connectivity index (χ1) is 6.65. The van der Waals surface area contributed by atoms with E-state index in [2.05, 4.69) is 25.1 Å². The van der Waals surface area contributed by atoms with E-state index in [1.54, 1.807) is 6.20 Å². The van der Waals surface area contributed by atoms with Gasteiger partial charge in [0.25, 0.3) is 0 Å². The Hall–Kier alpha value is -1.35. The molecule has 14 heavy (non-hydrogen) atoms. The monoisotopic (exact) mass is 190 g/mol. The second kappa shape index (κ2) is 3.10. The minimum absolute atomic E-state index is 0.0366. The highest BCUT2D eigenvalue weighted by Crippen LogP contribution is 2.29. The van der Waals surface area contributed by atoms with Crippen molar-refractivity contribution in [2.24, 2.45) is 5.73 Å². The van der Waals surface area contributed by atoms with E-state index in [0.717, 1.165) is 11.0 Å². The van der Waals surface area contributed by atoms with Crippen LogP contribution >= 0.6 is 0 Å². The number of hydrogen-bond acceptors (Lipinski definition) is 3. The molecule has 0 aliphatic heterocycles. The van der Waals surface area contributed by atoms with Crippen molar-refractivity contribution in [3.63, 3.8) is 0 Å². The molecule has 3 nitrogen and oxygen atoms in total. The zero-order valence-corrected chi connectivity index (χ0v) is 8.45. The lowest BCUT2D eigenvalue weighted by atomic mass is 9.83. The summed E-state index contributed by atoms with van der Waals surface area (Å²) in [5.74, 6) is 0. The second-order valence-electron chi connectivity index (χ2n) is 4.13. The molecule has 74 valence electrons. The average molecular weight is 190 g/mol. The number of aromatic nitrogens is 1. The Balaban J connectivity index is 2.67. The van der Waals surface area contributed by atoms with Crippen molar-refractivity contribution in [1.29, 1.82) is 0 Å². The third-order valence-electron chi connectivity index (χ3n) is 2.64. The lowest BCUT2D eigenvalue weighted by molar-refractivity contribution is 0.456. The number of nitrogens with zero attached hydrogens (tertiary/aromatic N) is 1. The van der Waals surface area contributed by atoms with Crippen LogP contribution in [0.1, 0.15) is 19.4 Å². The maximum absolute atomic E-state index is 5.75. The van der Waals surface area contributed by atoms with E-state index < -0.39 is 0 Å². The van der Waals surface area contributed by atoms with Crippen LogP contribution in [0.4, 0.5) is 0 Å². The van der Waals surface area contributed by atoms with Crippen LogP contribution in [0, 0.1) is 0 Å². The fourth-order valence-electron chi connectivity index (χ4n) is 1.59. The van der Waals surface area contributed by atoms with Crippen molar-refractivity contribution < 1.29 is 4.52 Å². The molecule has 0 aliphatic rings. The lowest BCUT2D eigenvalue weighted by Crippen LogP contribution is -2.28. The highest BCUT2D eigenvalue weighted by molar-refractivity contribution is 5.80. The normalized spacial score (nSPS) is 12.2. The predicted molar refractivity (Wildman–Crippen MR) is 56.1 cm³/mol. The molecule has 0 saturated carbocycles. The van der Waals surface area contributed by atoms with Crippen LogP contribution in [-0.2, 0) is 5.41 Å². The largest absolute Gasteiger partial charge is 0.356 e. The molecule has 0 fully saturated rings. The zero-order valence-electron chi connectivity index (χ0n) is 8.45. The van der Waals surface area contributed by atoms with Crippen molar-refractivity contribution in [2.75, 3.05) is 6.54 Å². The van der Waals surface area contributed by atoms with Crippen molar-refractivity contribution in [2.45, 2.75) is 19.3 Å². The number of fused-ring (bicyclic) bond motifs is 1. The molecule has 1 aromatic carbocycles. The SMILES string of the molecule is CC(C)(CN)c1cccc2oncc12. The topological polar surface area (TPSA) is 52.0 Å². The minimum atomic E-state index is -0.0366. The molecule has 0 unspecified atom stereocenters. The fraction of sp³-hybridized carbons (Fsp3) is 0.364. The van der Waals surface area contributed by atoms with Crippen LogP contribution in [-0.4, -0.2) is 11.7 Å². The molecule has 1 heterocycles. The molecule has 0 atom stereocenters. The van der Waals surface area contributed by atoms with Gasteiger partial charge in [-0.3, -0.25) is 0 Å². The Bertz CT molecular complexity index is 445. The molecule has 0 saturated heterocycles. The first-order valence-corrected chi connectivity index (χ1v) is 4.69. The minimum Gasteiger partial charge on any atom is -0.356 e. The molecule has 2 N–H and O–H groups in total. The third kappa shape index (κ3) is 1.30. The van der Waals surface area contributed by atoms with Crippen molar-refractivity contribution in [3.8, 4) is 0 Å². The van der Waals surface area contributed by atoms with E-state index in [1.807, 2.05) is 12.1 Å². The molecule has 0 spiro atoms. The first-order valence-electron chi connectivity index (χ1n) is 4.69. The Kier molecular flexibility index (Phi) is 2.04. The van der Waals surface area contributed by atoms with Gasteiger partial charge >= 0.3 is 0 Å². The third-order valence-corrected chi connectivity index (χ3v) is 2.64. The number of rotatable bonds is 2. The Morgan fingerprint density at radius 1 is 1.43 bits per heavy atom. The summed E-state index contributed by atoms with van der Waals surface area (Å²) < 4.78 is 5.11. The van der Waals surface area contributed by atoms with E-state index in [9.17, 15) is 0 Å². The van der Waals surface area contributed by atoms with Gasteiger partial charge in [-0.1, -0.05) is 31.1 Å². The van der Waals surface area contributed by atoms with Crippen LogP contribution in [0.3, 0.4) is 0 Å². The summed E-state index contributed by atoms with van der Waals surface area (Å²) in [7, 11) is 0. The number of benzene rings is 1. The first kappa shape index (κ1) is 9.21. The van der Waals surface area contributed by atoms with Gasteiger partial charge in [-0.25, -0.2) is 0 Å². The standard InChI is InChI=1S/C11H14N2O/c1-11(2,7-12)9-4-3-5-10-8(9)6-13-14-10/h3-6H,7,12H2,1-2H3. The van der Waals surface area contributed by atoms with Gasteiger partial charge in [-0.05, 0) is 11.6 Å². The van der Waals surface area contributed by atoms with Crippen LogP contribution in [0.15, 0.2) is 28.9 Å². The van der Waals surface area contributed by atoms with Gasteiger partial charge in [0, 0.05) is 17.3 Å². The summed E-state index contributed by atoms with van der Waals surface area (Å²) in [4.78, 5) is 0. The molecule has 3 heteroatoms. The van der Waals surface area contributed by atoms with Crippen molar-refractivity contribution >= 4 is 11.0 Å². The van der Waals surface area contributed by atoms with Gasteiger partial charge in [0.2, 0.25) is 0 Å². The second-order valence-corrected chi connectivity index (χ2v) is 4.13. The van der Waals surface area contributed by atoms with Gasteiger partial charge in [0.05, 0.1) is 6.20 Å². The Morgan fingerprint density at radius 3 is 2.93 bits per heavy atom. The Labute approximate surface area is 82.9 Å². The number of nitrogens with two attached hydrogens (primary N) is 1. The van der Waals surface area contributed by atoms with Crippen LogP contribution in [0.2, 0.25) is 0 Å². The van der Waals surface area contributed by atoms with Crippen LogP contribution < -0.4 is 5.73 Å². The van der Waals surface area contributed by atoms with Gasteiger partial charge in [0.1, 0.15) is 0 Å². The molecule has 2 aromatic rings. The van der Waals surface area contributed by atoms with Crippen LogP contribution in [0.25, 0.3) is 11.0 Å². The van der Waals surface area contributed by atoms with E-state index in [4.69, 9.17) is 10.3 Å². The van der Waals surface area contributed by atoms with Gasteiger partial charge in [-0.15, -0.1) is 0 Å². The summed E-state index contributed by atoms with van der Waals surface area (Å²) in [5.41, 5.74) is 7.73. The molecule has 0 bridgehead atoms. The summed E-state index contributed by atoms with van der Waals surface area (Å²) in [6.07, 6.45) is 1.75. The van der Waals surface area contributed by atoms with Crippen molar-refractivity contribution in [3.05, 3.63) is 30.0 Å². The lowest BCUT2D eigenvalue weighted by Gasteiger charge is -2.23. The predicted octanol–water partition coefficient (Wildman–Crippen LogP) is 2.06. The maximum Gasteiger partial charge on any atom is 0.167 e.